The molecule has 1 aliphatic rings. The van der Waals surface area contributed by atoms with E-state index in [9.17, 15) is 14.9 Å². The zero-order valence-corrected chi connectivity index (χ0v) is 17.5. The Morgan fingerprint density at radius 1 is 1.28 bits per heavy atom. The van der Waals surface area contributed by atoms with Gasteiger partial charge in [0.05, 0.1) is 17.3 Å². The van der Waals surface area contributed by atoms with Gasteiger partial charge in [-0.1, -0.05) is 0 Å². The van der Waals surface area contributed by atoms with E-state index in [1.165, 1.54) is 22.2 Å². The number of thiophene rings is 1. The molecule has 8 heteroatoms. The van der Waals surface area contributed by atoms with Crippen molar-refractivity contribution < 1.29 is 9.21 Å². The molecule has 1 fully saturated rings. The maximum atomic E-state index is 13.1. The first kappa shape index (κ1) is 19.4. The second-order valence-corrected chi connectivity index (χ2v) is 9.17. The van der Waals surface area contributed by atoms with E-state index >= 15 is 0 Å². The summed E-state index contributed by atoms with van der Waals surface area (Å²) in [6.45, 7) is 3.47. The van der Waals surface area contributed by atoms with Gasteiger partial charge in [0.2, 0.25) is 0 Å². The molecular weight excluding hydrogens is 406 g/mol. The highest BCUT2D eigenvalue weighted by Gasteiger charge is 2.24. The molecule has 0 atom stereocenters. The first-order valence-corrected chi connectivity index (χ1v) is 10.9. The molecule has 1 amide bonds. The van der Waals surface area contributed by atoms with Crippen molar-refractivity contribution >= 4 is 40.2 Å². The average molecular weight is 426 g/mol. The van der Waals surface area contributed by atoms with Gasteiger partial charge in [0.25, 0.3) is 11.5 Å². The summed E-state index contributed by atoms with van der Waals surface area (Å²) in [6, 6.07) is 9.53. The number of carbonyl (C=O) groups is 1. The number of hydrogen-bond acceptors (Lipinski definition) is 6. The number of nitrogens with zero attached hydrogens (tertiary/aromatic N) is 3. The Labute approximate surface area is 175 Å². The normalized spacial score (nSPS) is 15.6. The standard InChI is InChI=1S/C21H19N3O3S2/c1-14-6-7-16(28-14)11-18-20(26)24(13-15-5-4-10-27-15)21(29-18)17(12-22)19(25)23-8-2-3-9-23/h4-7,10-11H,2-3,8-9,13H2,1H3. The molecule has 0 aromatic carbocycles. The molecule has 1 saturated heterocycles. The molecule has 0 radical (unpaired) electrons. The third-order valence-electron chi connectivity index (χ3n) is 4.77. The van der Waals surface area contributed by atoms with Crippen molar-refractivity contribution in [3.05, 3.63) is 65.6 Å². The molecule has 0 N–H and O–H groups in total. The van der Waals surface area contributed by atoms with Gasteiger partial charge >= 0.3 is 0 Å². The molecule has 29 heavy (non-hydrogen) atoms. The number of likely N-dealkylation sites (tertiary alicyclic amines) is 1. The zero-order valence-electron chi connectivity index (χ0n) is 15.9. The van der Waals surface area contributed by atoms with Crippen molar-refractivity contribution in [2.75, 3.05) is 13.1 Å². The first-order chi connectivity index (χ1) is 14.1. The summed E-state index contributed by atoms with van der Waals surface area (Å²) >= 11 is 2.77. The second kappa shape index (κ2) is 8.23. The van der Waals surface area contributed by atoms with E-state index in [0.717, 1.165) is 22.6 Å². The third kappa shape index (κ3) is 3.97. The maximum absolute atomic E-state index is 13.1. The number of aryl methyl sites for hydroxylation is 1. The molecule has 6 nitrogen and oxygen atoms in total. The second-order valence-electron chi connectivity index (χ2n) is 6.82. The van der Waals surface area contributed by atoms with Crippen LogP contribution in [0.5, 0.6) is 0 Å². The molecule has 0 unspecified atom stereocenters. The quantitative estimate of drug-likeness (QED) is 0.641. The highest BCUT2D eigenvalue weighted by atomic mass is 32.1. The molecule has 3 aromatic heterocycles. The monoisotopic (exact) mass is 425 g/mol. The molecule has 4 rings (SSSR count). The van der Waals surface area contributed by atoms with E-state index in [-0.39, 0.29) is 23.6 Å². The number of nitriles is 1. The Morgan fingerprint density at radius 2 is 2.07 bits per heavy atom. The topological polar surface area (TPSA) is 79.2 Å². The van der Waals surface area contributed by atoms with Crippen LogP contribution in [0.1, 0.15) is 28.4 Å². The summed E-state index contributed by atoms with van der Waals surface area (Å²) in [6.07, 6.45) is 5.23. The van der Waals surface area contributed by atoms with Crippen molar-refractivity contribution in [3.8, 4) is 6.07 Å². The average Bonchev–Trinajstić information content (AvgIpc) is 3.49. The lowest BCUT2D eigenvalue weighted by Crippen LogP contribution is -2.36. The Hall–Kier alpha value is -2.89. The van der Waals surface area contributed by atoms with Crippen LogP contribution in [0.4, 0.5) is 0 Å². The van der Waals surface area contributed by atoms with E-state index < -0.39 is 0 Å². The molecule has 0 aliphatic carbocycles. The Morgan fingerprint density at radius 3 is 2.69 bits per heavy atom. The Bertz CT molecular complexity index is 1250. The van der Waals surface area contributed by atoms with Crippen LogP contribution in [-0.4, -0.2) is 28.5 Å². The number of aromatic nitrogens is 1. The maximum Gasteiger partial charge on any atom is 0.269 e. The Balaban J connectivity index is 1.92. The molecule has 1 aliphatic heterocycles. The number of furan rings is 1. The van der Waals surface area contributed by atoms with Gasteiger partial charge in [0.15, 0.2) is 5.57 Å². The molecular formula is C21H19N3O3S2. The van der Waals surface area contributed by atoms with E-state index in [2.05, 4.69) is 6.07 Å². The van der Waals surface area contributed by atoms with Crippen molar-refractivity contribution in [2.45, 2.75) is 26.3 Å². The first-order valence-electron chi connectivity index (χ1n) is 9.30. The summed E-state index contributed by atoms with van der Waals surface area (Å²) in [5.74, 6) is 0.286. The lowest BCUT2D eigenvalue weighted by molar-refractivity contribution is -0.123. The van der Waals surface area contributed by atoms with Crippen molar-refractivity contribution in [2.24, 2.45) is 0 Å². The largest absolute Gasteiger partial charge is 0.467 e. The fourth-order valence-electron chi connectivity index (χ4n) is 3.33. The summed E-state index contributed by atoms with van der Waals surface area (Å²) in [5, 5.41) is 9.78. The van der Waals surface area contributed by atoms with E-state index in [1.54, 1.807) is 28.4 Å². The van der Waals surface area contributed by atoms with Gasteiger partial charge in [-0.3, -0.25) is 14.2 Å². The van der Waals surface area contributed by atoms with Crippen molar-refractivity contribution in [1.29, 1.82) is 5.26 Å². The van der Waals surface area contributed by atoms with Gasteiger partial charge in [-0.25, -0.2) is 0 Å². The summed E-state index contributed by atoms with van der Waals surface area (Å²) in [7, 11) is 0. The highest BCUT2D eigenvalue weighted by molar-refractivity contribution is 7.13. The fourth-order valence-corrected chi connectivity index (χ4v) is 5.31. The third-order valence-corrected chi connectivity index (χ3v) is 6.85. The molecule has 3 aromatic rings. The van der Waals surface area contributed by atoms with Crippen LogP contribution >= 0.6 is 22.7 Å². The van der Waals surface area contributed by atoms with Gasteiger partial charge in [0, 0.05) is 22.8 Å². The number of carbonyl (C=O) groups excluding carboxylic acids is 1. The van der Waals surface area contributed by atoms with Gasteiger partial charge < -0.3 is 9.32 Å². The summed E-state index contributed by atoms with van der Waals surface area (Å²) in [4.78, 5) is 29.9. The molecule has 0 saturated carbocycles. The summed E-state index contributed by atoms with van der Waals surface area (Å²) < 4.78 is 7.75. The number of rotatable bonds is 4. The van der Waals surface area contributed by atoms with Crippen LogP contribution in [0.25, 0.3) is 11.6 Å². The van der Waals surface area contributed by atoms with Crippen molar-refractivity contribution in [3.63, 3.8) is 0 Å². The molecule has 0 bridgehead atoms. The van der Waals surface area contributed by atoms with Crippen LogP contribution in [0.2, 0.25) is 0 Å². The van der Waals surface area contributed by atoms with Gasteiger partial charge in [-0.2, -0.15) is 5.26 Å². The lowest BCUT2D eigenvalue weighted by Gasteiger charge is -2.14. The zero-order chi connectivity index (χ0) is 20.4. The smallest absolute Gasteiger partial charge is 0.269 e. The molecule has 148 valence electrons. The van der Waals surface area contributed by atoms with Crippen molar-refractivity contribution in [1.82, 2.24) is 9.47 Å². The summed E-state index contributed by atoms with van der Waals surface area (Å²) in [5.41, 5.74) is -0.211. The van der Waals surface area contributed by atoms with E-state index in [1.807, 2.05) is 25.1 Å². The van der Waals surface area contributed by atoms with Crippen LogP contribution < -0.4 is 14.8 Å². The minimum absolute atomic E-state index is 0.0163. The van der Waals surface area contributed by atoms with Crippen LogP contribution in [-0.2, 0) is 11.3 Å². The molecule has 4 heterocycles. The minimum atomic E-state index is -0.307. The molecule has 0 spiro atoms. The van der Waals surface area contributed by atoms with Crippen LogP contribution in [0, 0.1) is 18.3 Å². The van der Waals surface area contributed by atoms with E-state index in [4.69, 9.17) is 4.42 Å². The van der Waals surface area contributed by atoms with Gasteiger partial charge in [-0.15, -0.1) is 22.7 Å². The van der Waals surface area contributed by atoms with Gasteiger partial charge in [-0.05, 0) is 50.1 Å². The van der Waals surface area contributed by atoms with Crippen LogP contribution in [0.15, 0.2) is 39.7 Å². The number of thiazole rings is 1. The van der Waals surface area contributed by atoms with Gasteiger partial charge in [0.1, 0.15) is 16.5 Å². The number of amides is 1. The predicted octanol–water partition coefficient (Wildman–Crippen LogP) is 2.05. The van der Waals surface area contributed by atoms with E-state index in [0.29, 0.717) is 28.0 Å². The minimum Gasteiger partial charge on any atom is -0.467 e. The predicted molar refractivity (Wildman–Crippen MR) is 113 cm³/mol. The fraction of sp³-hybridized carbons (Fsp3) is 0.286. The number of hydrogen-bond donors (Lipinski definition) is 0. The van der Waals surface area contributed by atoms with Crippen LogP contribution in [0.3, 0.4) is 0 Å². The Kier molecular flexibility index (Phi) is 5.51. The lowest BCUT2D eigenvalue weighted by atomic mass is 10.3. The SMILES string of the molecule is Cc1ccc(C=c2sc(=C(C#N)C(=O)N3CCCC3)n(Cc3ccco3)c2=O)s1. The highest BCUT2D eigenvalue weighted by Crippen LogP contribution is 2.15.